The maximum atomic E-state index is 12.1. The van der Waals surface area contributed by atoms with Crippen molar-refractivity contribution < 1.29 is 8.42 Å². The lowest BCUT2D eigenvalue weighted by Gasteiger charge is -2.31. The quantitative estimate of drug-likeness (QED) is 0.696. The zero-order valence-corrected chi connectivity index (χ0v) is 11.9. The lowest BCUT2D eigenvalue weighted by Crippen LogP contribution is -2.51. The number of hydrogen-bond acceptors (Lipinski definition) is 4. The monoisotopic (exact) mass is 276 g/mol. The minimum absolute atomic E-state index is 0.446. The predicted molar refractivity (Wildman–Crippen MR) is 71.6 cm³/mol. The van der Waals surface area contributed by atoms with Crippen LogP contribution >= 0.6 is 0 Å². The van der Waals surface area contributed by atoms with E-state index >= 15 is 0 Å². The zero-order chi connectivity index (χ0) is 13.0. The first-order valence-electron chi connectivity index (χ1n) is 6.72. The van der Waals surface area contributed by atoms with Crippen molar-refractivity contribution >= 4 is 10.2 Å². The molecule has 2 saturated heterocycles. The molecular formula is C11H24N4O2S. The summed E-state index contributed by atoms with van der Waals surface area (Å²) in [6.45, 7) is 5.31. The molecule has 2 N–H and O–H groups in total. The molecule has 0 amide bonds. The van der Waals surface area contributed by atoms with Gasteiger partial charge in [-0.25, -0.2) is 4.72 Å². The van der Waals surface area contributed by atoms with E-state index in [9.17, 15) is 8.42 Å². The van der Waals surface area contributed by atoms with E-state index < -0.39 is 10.2 Å². The van der Waals surface area contributed by atoms with Gasteiger partial charge >= 0.3 is 0 Å². The molecule has 2 heterocycles. The highest BCUT2D eigenvalue weighted by molar-refractivity contribution is 7.87. The lowest BCUT2D eigenvalue weighted by molar-refractivity contribution is 0.210. The first-order chi connectivity index (χ1) is 8.58. The SMILES string of the molecule is CN1CCCC(CNS(=O)(=O)N2CCNCC2)C1. The first-order valence-corrected chi connectivity index (χ1v) is 8.16. The summed E-state index contributed by atoms with van der Waals surface area (Å²) in [4.78, 5) is 2.27. The number of hydrogen-bond donors (Lipinski definition) is 2. The van der Waals surface area contributed by atoms with E-state index in [4.69, 9.17) is 0 Å². The Hall–Kier alpha value is -0.210. The van der Waals surface area contributed by atoms with Crippen LogP contribution in [0.25, 0.3) is 0 Å². The predicted octanol–water partition coefficient (Wildman–Crippen LogP) is -0.932. The van der Waals surface area contributed by atoms with Gasteiger partial charge in [0, 0.05) is 39.3 Å². The van der Waals surface area contributed by atoms with Crippen molar-refractivity contribution in [2.45, 2.75) is 12.8 Å². The van der Waals surface area contributed by atoms with Crippen LogP contribution in [0.3, 0.4) is 0 Å². The summed E-state index contributed by atoms with van der Waals surface area (Å²) in [7, 11) is -1.18. The highest BCUT2D eigenvalue weighted by Gasteiger charge is 2.25. The molecule has 0 bridgehead atoms. The van der Waals surface area contributed by atoms with Crippen molar-refractivity contribution in [3.63, 3.8) is 0 Å². The van der Waals surface area contributed by atoms with E-state index in [0.29, 0.717) is 25.6 Å². The largest absolute Gasteiger partial charge is 0.314 e. The topological polar surface area (TPSA) is 64.7 Å². The van der Waals surface area contributed by atoms with Gasteiger partial charge in [-0.05, 0) is 32.4 Å². The average molecular weight is 276 g/mol. The van der Waals surface area contributed by atoms with Crippen LogP contribution in [0.5, 0.6) is 0 Å². The van der Waals surface area contributed by atoms with Gasteiger partial charge in [0.15, 0.2) is 0 Å². The van der Waals surface area contributed by atoms with Gasteiger partial charge < -0.3 is 10.2 Å². The van der Waals surface area contributed by atoms with Crippen LogP contribution in [0.4, 0.5) is 0 Å². The van der Waals surface area contributed by atoms with Crippen molar-refractivity contribution in [2.24, 2.45) is 5.92 Å². The van der Waals surface area contributed by atoms with E-state index in [-0.39, 0.29) is 0 Å². The van der Waals surface area contributed by atoms with Crippen LogP contribution in [0, 0.1) is 5.92 Å². The second kappa shape index (κ2) is 6.29. The molecule has 106 valence electrons. The molecule has 2 aliphatic rings. The fourth-order valence-electron chi connectivity index (χ4n) is 2.64. The fraction of sp³-hybridized carbons (Fsp3) is 1.00. The summed E-state index contributed by atoms with van der Waals surface area (Å²) < 4.78 is 28.5. The Morgan fingerprint density at radius 2 is 2.00 bits per heavy atom. The molecule has 0 aromatic heterocycles. The van der Waals surface area contributed by atoms with Crippen LogP contribution in [-0.2, 0) is 10.2 Å². The van der Waals surface area contributed by atoms with Crippen LogP contribution in [0.2, 0.25) is 0 Å². The van der Waals surface area contributed by atoms with Gasteiger partial charge in [0.2, 0.25) is 0 Å². The second-order valence-corrected chi connectivity index (χ2v) is 7.03. The molecule has 0 aliphatic carbocycles. The average Bonchev–Trinajstić information content (AvgIpc) is 2.38. The van der Waals surface area contributed by atoms with E-state index in [1.165, 1.54) is 4.31 Å². The number of likely N-dealkylation sites (tertiary alicyclic amines) is 1. The summed E-state index contributed by atoms with van der Waals surface area (Å²) >= 11 is 0. The van der Waals surface area contributed by atoms with Crippen LogP contribution < -0.4 is 10.0 Å². The molecule has 2 rings (SSSR count). The highest BCUT2D eigenvalue weighted by atomic mass is 32.2. The summed E-state index contributed by atoms with van der Waals surface area (Å²) in [5, 5.41) is 3.16. The molecule has 0 radical (unpaired) electrons. The standard InChI is InChI=1S/C11H24N4O2S/c1-14-6-2-3-11(10-14)9-13-18(16,17)15-7-4-12-5-8-15/h11-13H,2-10H2,1H3. The number of piperazine rings is 1. The van der Waals surface area contributed by atoms with Gasteiger partial charge in [-0.3, -0.25) is 0 Å². The summed E-state index contributed by atoms with van der Waals surface area (Å²) in [6.07, 6.45) is 2.28. The van der Waals surface area contributed by atoms with Crippen molar-refractivity contribution in [1.29, 1.82) is 0 Å². The number of rotatable bonds is 4. The first kappa shape index (κ1) is 14.2. The molecule has 2 fully saturated rings. The van der Waals surface area contributed by atoms with Crippen molar-refractivity contribution in [1.82, 2.24) is 19.2 Å². The normalized spacial score (nSPS) is 28.4. The highest BCUT2D eigenvalue weighted by Crippen LogP contribution is 2.14. The van der Waals surface area contributed by atoms with Crippen LogP contribution in [0.15, 0.2) is 0 Å². The van der Waals surface area contributed by atoms with E-state index in [1.54, 1.807) is 0 Å². The number of nitrogens with zero attached hydrogens (tertiary/aromatic N) is 2. The van der Waals surface area contributed by atoms with Gasteiger partial charge in [0.05, 0.1) is 0 Å². The Balaban J connectivity index is 1.80. The Morgan fingerprint density at radius 1 is 1.28 bits per heavy atom. The molecular weight excluding hydrogens is 252 g/mol. The van der Waals surface area contributed by atoms with E-state index in [0.717, 1.165) is 39.0 Å². The summed E-state index contributed by atoms with van der Waals surface area (Å²) in [5.74, 6) is 0.446. The number of piperidine rings is 1. The molecule has 1 unspecified atom stereocenters. The van der Waals surface area contributed by atoms with Crippen molar-refractivity contribution in [2.75, 3.05) is 52.9 Å². The molecule has 6 nitrogen and oxygen atoms in total. The Morgan fingerprint density at radius 3 is 2.67 bits per heavy atom. The van der Waals surface area contributed by atoms with E-state index in [1.807, 2.05) is 0 Å². The summed E-state index contributed by atoms with van der Waals surface area (Å²) in [6, 6.07) is 0. The molecule has 18 heavy (non-hydrogen) atoms. The van der Waals surface area contributed by atoms with E-state index in [2.05, 4.69) is 22.0 Å². The van der Waals surface area contributed by atoms with Gasteiger partial charge in [0.25, 0.3) is 10.2 Å². The Bertz CT molecular complexity index is 354. The van der Waals surface area contributed by atoms with Gasteiger partial charge in [-0.1, -0.05) is 0 Å². The van der Waals surface area contributed by atoms with Crippen LogP contribution in [0.1, 0.15) is 12.8 Å². The summed E-state index contributed by atoms with van der Waals surface area (Å²) in [5.41, 5.74) is 0. The smallest absolute Gasteiger partial charge is 0.279 e. The van der Waals surface area contributed by atoms with Crippen LogP contribution in [-0.4, -0.2) is 70.5 Å². The molecule has 0 aromatic rings. The molecule has 0 aromatic carbocycles. The minimum atomic E-state index is -3.28. The fourth-order valence-corrected chi connectivity index (χ4v) is 3.93. The lowest BCUT2D eigenvalue weighted by atomic mass is 9.99. The molecule has 0 saturated carbocycles. The second-order valence-electron chi connectivity index (χ2n) is 5.27. The Labute approximate surface area is 110 Å². The number of nitrogens with one attached hydrogen (secondary N) is 2. The maximum Gasteiger partial charge on any atom is 0.279 e. The zero-order valence-electron chi connectivity index (χ0n) is 11.1. The molecule has 7 heteroatoms. The third kappa shape index (κ3) is 3.89. The van der Waals surface area contributed by atoms with Crippen molar-refractivity contribution in [3.8, 4) is 0 Å². The third-order valence-corrected chi connectivity index (χ3v) is 5.27. The molecule has 0 spiro atoms. The van der Waals surface area contributed by atoms with Gasteiger partial charge in [-0.15, -0.1) is 0 Å². The maximum absolute atomic E-state index is 12.1. The molecule has 2 aliphatic heterocycles. The minimum Gasteiger partial charge on any atom is -0.314 e. The third-order valence-electron chi connectivity index (χ3n) is 3.69. The Kier molecular flexibility index (Phi) is 4.97. The van der Waals surface area contributed by atoms with Crippen molar-refractivity contribution in [3.05, 3.63) is 0 Å². The molecule has 1 atom stereocenters. The van der Waals surface area contributed by atoms with Gasteiger partial charge in [-0.2, -0.15) is 12.7 Å². The van der Waals surface area contributed by atoms with Gasteiger partial charge in [0.1, 0.15) is 0 Å².